The minimum atomic E-state index is -3.90. The van der Waals surface area contributed by atoms with E-state index in [2.05, 4.69) is 20.7 Å². The number of sulfonamides is 1. The molecule has 0 heterocycles. The van der Waals surface area contributed by atoms with Crippen LogP contribution in [0, 0.1) is 11.6 Å². The Labute approximate surface area is 130 Å². The zero-order valence-corrected chi connectivity index (χ0v) is 13.4. The Bertz CT molecular complexity index is 765. The zero-order valence-electron chi connectivity index (χ0n) is 11.0. The maximum atomic E-state index is 13.7. The highest BCUT2D eigenvalue weighted by atomic mass is 79.9. The molecule has 0 fully saturated rings. The molecule has 21 heavy (non-hydrogen) atoms. The lowest BCUT2D eigenvalue weighted by molar-refractivity contribution is 0.549. The molecule has 0 saturated carbocycles. The van der Waals surface area contributed by atoms with Crippen LogP contribution in [0.25, 0.3) is 0 Å². The third-order valence-corrected chi connectivity index (χ3v) is 5.40. The molecule has 0 aromatic heterocycles. The number of benzene rings is 2. The summed E-state index contributed by atoms with van der Waals surface area (Å²) in [6, 6.07) is 8.41. The summed E-state index contributed by atoms with van der Waals surface area (Å²) in [5.74, 6) is -1.05. The molecule has 1 atom stereocenters. The van der Waals surface area contributed by atoms with Crippen LogP contribution in [-0.4, -0.2) is 8.42 Å². The molecule has 0 amide bonds. The fraction of sp³-hybridized carbons (Fsp3) is 0.143. The van der Waals surface area contributed by atoms with Gasteiger partial charge in [0.1, 0.15) is 11.6 Å². The Morgan fingerprint density at radius 1 is 1.14 bits per heavy atom. The molecule has 0 bridgehead atoms. The van der Waals surface area contributed by atoms with E-state index in [4.69, 9.17) is 0 Å². The first kappa shape index (κ1) is 16.1. The van der Waals surface area contributed by atoms with Crippen molar-refractivity contribution in [2.24, 2.45) is 0 Å². The van der Waals surface area contributed by atoms with Crippen LogP contribution >= 0.6 is 15.9 Å². The second-order valence-corrected chi connectivity index (χ2v) is 6.98. The molecule has 0 saturated heterocycles. The maximum Gasteiger partial charge on any atom is 0.242 e. The van der Waals surface area contributed by atoms with Gasteiger partial charge in [-0.05, 0) is 47.1 Å². The van der Waals surface area contributed by atoms with Crippen LogP contribution in [0.2, 0.25) is 0 Å². The summed E-state index contributed by atoms with van der Waals surface area (Å²) in [5.41, 5.74) is 0.235. The largest absolute Gasteiger partial charge is 0.242 e. The Morgan fingerprint density at radius 3 is 2.43 bits per heavy atom. The highest BCUT2D eigenvalue weighted by Crippen LogP contribution is 2.25. The molecule has 2 aromatic carbocycles. The molecule has 0 aliphatic heterocycles. The molecule has 0 radical (unpaired) electrons. The van der Waals surface area contributed by atoms with Gasteiger partial charge in [0, 0.05) is 16.1 Å². The van der Waals surface area contributed by atoms with E-state index in [1.54, 1.807) is 6.07 Å². The molecule has 7 heteroatoms. The van der Waals surface area contributed by atoms with Crippen LogP contribution in [0.5, 0.6) is 0 Å². The first-order chi connectivity index (χ1) is 9.81. The van der Waals surface area contributed by atoms with Gasteiger partial charge in [-0.25, -0.2) is 21.9 Å². The Balaban J connectivity index is 2.31. The van der Waals surface area contributed by atoms with Crippen molar-refractivity contribution in [2.45, 2.75) is 17.9 Å². The summed E-state index contributed by atoms with van der Waals surface area (Å²) < 4.78 is 53.7. The van der Waals surface area contributed by atoms with E-state index in [1.807, 2.05) is 0 Å². The van der Waals surface area contributed by atoms with Crippen molar-refractivity contribution in [2.75, 3.05) is 0 Å². The van der Waals surface area contributed by atoms with Crippen LogP contribution in [0.1, 0.15) is 18.5 Å². The normalized spacial score (nSPS) is 13.1. The summed E-state index contributed by atoms with van der Waals surface area (Å²) in [7, 11) is -3.90. The van der Waals surface area contributed by atoms with Crippen molar-refractivity contribution in [3.63, 3.8) is 0 Å². The third kappa shape index (κ3) is 3.66. The van der Waals surface area contributed by atoms with Crippen molar-refractivity contribution < 1.29 is 17.2 Å². The van der Waals surface area contributed by atoms with Gasteiger partial charge in [0.15, 0.2) is 0 Å². The highest BCUT2D eigenvalue weighted by Gasteiger charge is 2.22. The van der Waals surface area contributed by atoms with E-state index in [9.17, 15) is 17.2 Å². The highest BCUT2D eigenvalue weighted by molar-refractivity contribution is 9.10. The van der Waals surface area contributed by atoms with E-state index >= 15 is 0 Å². The summed E-state index contributed by atoms with van der Waals surface area (Å²) in [6.07, 6.45) is 0. The fourth-order valence-corrected chi connectivity index (χ4v) is 4.15. The predicted octanol–water partition coefficient (Wildman–Crippen LogP) is 3.77. The average molecular weight is 376 g/mol. The molecular weight excluding hydrogens is 364 g/mol. The average Bonchev–Trinajstić information content (AvgIpc) is 2.37. The summed E-state index contributed by atoms with van der Waals surface area (Å²) >= 11 is 3.01. The third-order valence-electron chi connectivity index (χ3n) is 2.89. The lowest BCUT2D eigenvalue weighted by atomic mass is 10.1. The molecule has 1 N–H and O–H groups in total. The van der Waals surface area contributed by atoms with E-state index < -0.39 is 27.7 Å². The van der Waals surface area contributed by atoms with Crippen molar-refractivity contribution in [3.8, 4) is 0 Å². The quantitative estimate of drug-likeness (QED) is 0.883. The molecule has 0 spiro atoms. The standard InChI is InChI=1S/C14H12BrF2NO2S/c1-9(11-4-2-3-5-13(11)17)18-21(19,20)14-7-6-10(16)8-12(14)15/h2-9,18H,1H3. The number of hydrogen-bond acceptors (Lipinski definition) is 2. The Kier molecular flexibility index (Phi) is 4.75. The van der Waals surface area contributed by atoms with Gasteiger partial charge in [0.05, 0.1) is 4.90 Å². The van der Waals surface area contributed by atoms with Gasteiger partial charge in [-0.2, -0.15) is 0 Å². The van der Waals surface area contributed by atoms with Gasteiger partial charge in [0.25, 0.3) is 0 Å². The number of nitrogens with one attached hydrogen (secondary N) is 1. The zero-order chi connectivity index (χ0) is 15.6. The Hall–Kier alpha value is -1.31. The summed E-state index contributed by atoms with van der Waals surface area (Å²) in [4.78, 5) is -0.105. The fourth-order valence-electron chi connectivity index (χ4n) is 1.88. The predicted molar refractivity (Wildman–Crippen MR) is 79.2 cm³/mol. The molecule has 0 aliphatic rings. The molecule has 1 unspecified atom stereocenters. The van der Waals surface area contributed by atoms with E-state index in [1.165, 1.54) is 25.1 Å². The molecule has 3 nitrogen and oxygen atoms in total. The van der Waals surface area contributed by atoms with Crippen molar-refractivity contribution in [3.05, 3.63) is 64.1 Å². The van der Waals surface area contributed by atoms with Gasteiger partial charge in [-0.1, -0.05) is 18.2 Å². The second-order valence-electron chi connectivity index (χ2n) is 4.44. The SMILES string of the molecule is CC(NS(=O)(=O)c1ccc(F)cc1Br)c1ccccc1F. The number of hydrogen-bond donors (Lipinski definition) is 1. The summed E-state index contributed by atoms with van der Waals surface area (Å²) in [6.45, 7) is 1.54. The van der Waals surface area contributed by atoms with E-state index in [0.717, 1.165) is 18.2 Å². The van der Waals surface area contributed by atoms with Gasteiger partial charge in [-0.3, -0.25) is 0 Å². The maximum absolute atomic E-state index is 13.7. The van der Waals surface area contributed by atoms with Crippen molar-refractivity contribution >= 4 is 26.0 Å². The Morgan fingerprint density at radius 2 is 1.81 bits per heavy atom. The van der Waals surface area contributed by atoms with Crippen molar-refractivity contribution in [1.29, 1.82) is 0 Å². The summed E-state index contributed by atoms with van der Waals surface area (Å²) in [5, 5.41) is 0. The lowest BCUT2D eigenvalue weighted by Crippen LogP contribution is -2.27. The van der Waals surface area contributed by atoms with Crippen LogP contribution in [-0.2, 0) is 10.0 Å². The minimum Gasteiger partial charge on any atom is -0.207 e. The number of halogens is 3. The van der Waals surface area contributed by atoms with Crippen LogP contribution < -0.4 is 4.72 Å². The van der Waals surface area contributed by atoms with Gasteiger partial charge >= 0.3 is 0 Å². The molecule has 2 aromatic rings. The topological polar surface area (TPSA) is 46.2 Å². The molecular formula is C14H12BrF2NO2S. The molecule has 112 valence electrons. The van der Waals surface area contributed by atoms with Crippen molar-refractivity contribution in [1.82, 2.24) is 4.72 Å². The first-order valence-corrected chi connectivity index (χ1v) is 8.30. The molecule has 2 rings (SSSR count). The van der Waals surface area contributed by atoms with Crippen LogP contribution in [0.15, 0.2) is 51.8 Å². The minimum absolute atomic E-state index is 0.105. The first-order valence-electron chi connectivity index (χ1n) is 6.03. The molecule has 0 aliphatic carbocycles. The second kappa shape index (κ2) is 6.21. The van der Waals surface area contributed by atoms with Crippen LogP contribution in [0.3, 0.4) is 0 Å². The van der Waals surface area contributed by atoms with Gasteiger partial charge in [-0.15, -0.1) is 0 Å². The lowest BCUT2D eigenvalue weighted by Gasteiger charge is -2.16. The smallest absolute Gasteiger partial charge is 0.207 e. The van der Waals surface area contributed by atoms with E-state index in [0.29, 0.717) is 0 Å². The van der Waals surface area contributed by atoms with E-state index in [-0.39, 0.29) is 14.9 Å². The number of rotatable bonds is 4. The monoisotopic (exact) mass is 375 g/mol. The van der Waals surface area contributed by atoms with Crippen LogP contribution in [0.4, 0.5) is 8.78 Å². The van der Waals surface area contributed by atoms with Gasteiger partial charge in [0.2, 0.25) is 10.0 Å². The van der Waals surface area contributed by atoms with Gasteiger partial charge < -0.3 is 0 Å².